The molecule has 0 aliphatic heterocycles. The highest BCUT2D eigenvalue weighted by molar-refractivity contribution is 4.96. The van der Waals surface area contributed by atoms with Crippen LogP contribution in [0.15, 0.2) is 11.9 Å². The second-order valence-electron chi connectivity index (χ2n) is 3.52. The Hall–Kier alpha value is -0.370. The monoisotopic (exact) mass is 160 g/mol. The zero-order valence-corrected chi connectivity index (χ0v) is 7.78. The summed E-state index contributed by atoms with van der Waals surface area (Å²) < 4.78 is 17.4. The average Bonchev–Trinajstić information content (AvgIpc) is 1.88. The first-order valence-corrected chi connectivity index (χ1v) is 3.91. The van der Waals surface area contributed by atoms with E-state index in [0.29, 0.717) is 24.9 Å². The number of halogens is 1. The number of hydrogen-bond donors (Lipinski definition) is 0. The van der Waals surface area contributed by atoms with Gasteiger partial charge in [0, 0.05) is 0 Å². The zero-order valence-electron chi connectivity index (χ0n) is 7.78. The Bertz CT molecular complexity index is 133. The molecule has 0 fully saturated rings. The summed E-state index contributed by atoms with van der Waals surface area (Å²) in [6.07, 6.45) is 1.35. The molecule has 0 aromatic rings. The third-order valence-corrected chi connectivity index (χ3v) is 1.30. The van der Waals surface area contributed by atoms with Crippen LogP contribution in [0.1, 0.15) is 34.1 Å². The number of ether oxygens (including phenoxy) is 1. The van der Waals surface area contributed by atoms with Crippen LogP contribution in [-0.2, 0) is 4.74 Å². The molecule has 11 heavy (non-hydrogen) atoms. The van der Waals surface area contributed by atoms with Gasteiger partial charge in [-0.25, -0.2) is 4.39 Å². The van der Waals surface area contributed by atoms with Gasteiger partial charge in [0.1, 0.15) is 0 Å². The fraction of sp³-hybridized carbons (Fsp3) is 0.778. The molecule has 0 aromatic carbocycles. The molecule has 0 aliphatic carbocycles. The number of hydrogen-bond acceptors (Lipinski definition) is 1. The van der Waals surface area contributed by atoms with Crippen molar-refractivity contribution in [1.29, 1.82) is 0 Å². The van der Waals surface area contributed by atoms with Gasteiger partial charge in [0.15, 0.2) is 0 Å². The summed E-state index contributed by atoms with van der Waals surface area (Å²) in [5, 5.41) is 0. The molecule has 0 unspecified atom stereocenters. The SMILES string of the molecule is CC/C(=C\F)COC(C)(C)C. The van der Waals surface area contributed by atoms with Crippen LogP contribution in [0, 0.1) is 0 Å². The van der Waals surface area contributed by atoms with E-state index in [-0.39, 0.29) is 5.60 Å². The van der Waals surface area contributed by atoms with Crippen LogP contribution in [0.5, 0.6) is 0 Å². The lowest BCUT2D eigenvalue weighted by Gasteiger charge is -2.19. The maximum atomic E-state index is 12.0. The molecule has 0 heterocycles. The minimum Gasteiger partial charge on any atom is -0.371 e. The van der Waals surface area contributed by atoms with Crippen LogP contribution < -0.4 is 0 Å². The standard InChI is InChI=1S/C9H17FO/c1-5-8(6-10)7-11-9(2,3)4/h6H,5,7H2,1-4H3/b8-6+. The second kappa shape index (κ2) is 4.50. The second-order valence-corrected chi connectivity index (χ2v) is 3.52. The molecule has 0 saturated heterocycles. The van der Waals surface area contributed by atoms with Gasteiger partial charge in [-0.1, -0.05) is 6.92 Å². The van der Waals surface area contributed by atoms with Gasteiger partial charge < -0.3 is 4.74 Å². The Morgan fingerprint density at radius 3 is 2.27 bits per heavy atom. The zero-order chi connectivity index (χ0) is 8.91. The van der Waals surface area contributed by atoms with E-state index < -0.39 is 0 Å². The molecular formula is C9H17FO. The van der Waals surface area contributed by atoms with Gasteiger partial charge in [-0.15, -0.1) is 0 Å². The van der Waals surface area contributed by atoms with Gasteiger partial charge in [-0.2, -0.15) is 0 Å². The fourth-order valence-corrected chi connectivity index (χ4v) is 0.520. The first-order valence-electron chi connectivity index (χ1n) is 3.91. The van der Waals surface area contributed by atoms with Crippen molar-refractivity contribution in [2.24, 2.45) is 0 Å². The minimum absolute atomic E-state index is 0.177. The Morgan fingerprint density at radius 1 is 1.45 bits per heavy atom. The lowest BCUT2D eigenvalue weighted by Crippen LogP contribution is -2.20. The third-order valence-electron chi connectivity index (χ3n) is 1.30. The highest BCUT2D eigenvalue weighted by atomic mass is 19.1. The number of rotatable bonds is 3. The third kappa shape index (κ3) is 6.05. The van der Waals surface area contributed by atoms with Crippen molar-refractivity contribution in [2.75, 3.05) is 6.61 Å². The fourth-order valence-electron chi connectivity index (χ4n) is 0.520. The van der Waals surface area contributed by atoms with Gasteiger partial charge in [-0.3, -0.25) is 0 Å². The summed E-state index contributed by atoms with van der Waals surface area (Å²) >= 11 is 0. The molecule has 0 bridgehead atoms. The average molecular weight is 160 g/mol. The van der Waals surface area contributed by atoms with Gasteiger partial charge in [0.05, 0.1) is 18.5 Å². The highest BCUT2D eigenvalue weighted by Crippen LogP contribution is 2.10. The summed E-state index contributed by atoms with van der Waals surface area (Å²) in [6, 6.07) is 0. The molecule has 0 rings (SSSR count). The largest absolute Gasteiger partial charge is 0.371 e. The Balaban J connectivity index is 3.70. The minimum atomic E-state index is -0.177. The predicted molar refractivity (Wildman–Crippen MR) is 45.2 cm³/mol. The molecular weight excluding hydrogens is 143 g/mol. The van der Waals surface area contributed by atoms with Crippen molar-refractivity contribution in [3.8, 4) is 0 Å². The van der Waals surface area contributed by atoms with Gasteiger partial charge in [0.25, 0.3) is 0 Å². The van der Waals surface area contributed by atoms with Crippen LogP contribution in [0.2, 0.25) is 0 Å². The lowest BCUT2D eigenvalue weighted by molar-refractivity contribution is 0.00991. The van der Waals surface area contributed by atoms with Crippen LogP contribution >= 0.6 is 0 Å². The van der Waals surface area contributed by atoms with Crippen molar-refractivity contribution in [3.63, 3.8) is 0 Å². The van der Waals surface area contributed by atoms with Gasteiger partial charge in [0.2, 0.25) is 0 Å². The molecule has 0 aliphatic rings. The molecule has 66 valence electrons. The Morgan fingerprint density at radius 2 is 2.00 bits per heavy atom. The molecule has 0 radical (unpaired) electrons. The summed E-state index contributed by atoms with van der Waals surface area (Å²) in [7, 11) is 0. The van der Waals surface area contributed by atoms with Crippen molar-refractivity contribution in [1.82, 2.24) is 0 Å². The van der Waals surface area contributed by atoms with E-state index in [4.69, 9.17) is 4.74 Å². The van der Waals surface area contributed by atoms with E-state index in [1.165, 1.54) is 0 Å². The van der Waals surface area contributed by atoms with Crippen molar-refractivity contribution in [2.45, 2.75) is 39.7 Å². The summed E-state index contributed by atoms with van der Waals surface area (Å²) in [4.78, 5) is 0. The molecule has 0 spiro atoms. The predicted octanol–water partition coefficient (Wildman–Crippen LogP) is 3.06. The molecule has 0 atom stereocenters. The molecule has 0 saturated carbocycles. The maximum Gasteiger partial charge on any atom is 0.0881 e. The summed E-state index contributed by atoms with van der Waals surface area (Å²) in [5.41, 5.74) is 0.531. The highest BCUT2D eigenvalue weighted by Gasteiger charge is 2.10. The van der Waals surface area contributed by atoms with E-state index in [2.05, 4.69) is 0 Å². The topological polar surface area (TPSA) is 9.23 Å². The van der Waals surface area contributed by atoms with Crippen molar-refractivity contribution >= 4 is 0 Å². The summed E-state index contributed by atoms with van der Waals surface area (Å²) in [6.45, 7) is 8.18. The smallest absolute Gasteiger partial charge is 0.0881 e. The molecule has 2 heteroatoms. The van der Waals surface area contributed by atoms with E-state index >= 15 is 0 Å². The lowest BCUT2D eigenvalue weighted by atomic mass is 10.2. The van der Waals surface area contributed by atoms with E-state index in [0.717, 1.165) is 0 Å². The van der Waals surface area contributed by atoms with Crippen molar-refractivity contribution < 1.29 is 9.13 Å². The van der Waals surface area contributed by atoms with Crippen LogP contribution in [0.3, 0.4) is 0 Å². The van der Waals surface area contributed by atoms with E-state index in [1.54, 1.807) is 0 Å². The summed E-state index contributed by atoms with van der Waals surface area (Å²) in [5.74, 6) is 0. The molecule has 1 nitrogen and oxygen atoms in total. The van der Waals surface area contributed by atoms with Crippen molar-refractivity contribution in [3.05, 3.63) is 11.9 Å². The molecule has 0 aromatic heterocycles. The van der Waals surface area contributed by atoms with Crippen LogP contribution in [0.25, 0.3) is 0 Å². The van der Waals surface area contributed by atoms with Crippen LogP contribution in [-0.4, -0.2) is 12.2 Å². The van der Waals surface area contributed by atoms with Crippen LogP contribution in [0.4, 0.5) is 4.39 Å². The Kier molecular flexibility index (Phi) is 4.34. The van der Waals surface area contributed by atoms with E-state index in [1.807, 2.05) is 27.7 Å². The normalized spacial score (nSPS) is 13.7. The molecule has 0 N–H and O–H groups in total. The van der Waals surface area contributed by atoms with Gasteiger partial charge >= 0.3 is 0 Å². The van der Waals surface area contributed by atoms with Gasteiger partial charge in [-0.05, 0) is 32.8 Å². The maximum absolute atomic E-state index is 12.0. The van der Waals surface area contributed by atoms with E-state index in [9.17, 15) is 4.39 Å². The Labute approximate surface area is 68.2 Å². The quantitative estimate of drug-likeness (QED) is 0.616. The first kappa shape index (κ1) is 10.6. The molecule has 0 amide bonds. The first-order chi connectivity index (χ1) is 4.99.